The van der Waals surface area contributed by atoms with Gasteiger partial charge in [0.15, 0.2) is 0 Å². The molecule has 1 unspecified atom stereocenters. The minimum absolute atomic E-state index is 0.0916. The first-order valence-corrected chi connectivity index (χ1v) is 25.3. The van der Waals surface area contributed by atoms with Crippen molar-refractivity contribution in [3.8, 4) is 0 Å². The number of pyridine rings is 1. The number of nitrogens with one attached hydrogen (secondary N) is 1. The molecule has 2 N–H and O–H groups in total. The Morgan fingerprint density at radius 2 is 1.16 bits per heavy atom. The first kappa shape index (κ1) is 49.3. The van der Waals surface area contributed by atoms with E-state index in [1.165, 1.54) is 128 Å². The van der Waals surface area contributed by atoms with Gasteiger partial charge in [0.2, 0.25) is 15.8 Å². The van der Waals surface area contributed by atoms with Crippen molar-refractivity contribution in [1.29, 1.82) is 0 Å². The van der Waals surface area contributed by atoms with Gasteiger partial charge in [-0.2, -0.15) is 0 Å². The van der Waals surface area contributed by atoms with Crippen molar-refractivity contribution in [2.75, 3.05) is 17.1 Å². The number of carbonyl (C=O) groups excluding carboxylic acids is 2. The van der Waals surface area contributed by atoms with Crippen molar-refractivity contribution in [3.05, 3.63) is 52.7 Å². The fraction of sp³-hybridized carbons (Fsp3) is 0.714. The fourth-order valence-electron chi connectivity index (χ4n) is 8.06. The Balaban J connectivity index is 1.41. The number of unbranched alkanes of at least 4 members (excludes halogenated alkanes) is 23. The van der Waals surface area contributed by atoms with E-state index in [9.17, 15) is 18.3 Å². The van der Waals surface area contributed by atoms with Gasteiger partial charge in [0.05, 0.1) is 45.7 Å². The maximum atomic E-state index is 13.3. The molecule has 8 nitrogen and oxygen atoms in total. The zero-order chi connectivity index (χ0) is 41.9. The van der Waals surface area contributed by atoms with E-state index >= 15 is 0 Å². The largest absolute Gasteiger partial charge is 0.506 e. The van der Waals surface area contributed by atoms with Crippen molar-refractivity contribution in [2.45, 2.75) is 207 Å². The van der Waals surface area contributed by atoms with Gasteiger partial charge >= 0.3 is 5.78 Å². The summed E-state index contributed by atoms with van der Waals surface area (Å²) in [6, 6.07) is 3.17. The number of aliphatic hydroxyl groups excluding tert-OH is 1. The molecular weight excluding hydrogens is 743 g/mol. The Hall–Kier alpha value is -3.07. The smallest absolute Gasteiger partial charge is 0.364 e. The van der Waals surface area contributed by atoms with Gasteiger partial charge in [0.25, 0.3) is 6.61 Å². The number of aliphatic imine (C=N–C) groups is 1. The summed E-state index contributed by atoms with van der Waals surface area (Å²) < 4.78 is 35.2. The van der Waals surface area contributed by atoms with Gasteiger partial charge in [-0.1, -0.05) is 175 Å². The van der Waals surface area contributed by atoms with Crippen LogP contribution < -0.4 is 4.72 Å². The third kappa shape index (κ3) is 18.9. The Morgan fingerprint density at radius 3 is 1.62 bits per heavy atom. The number of anilines is 1. The lowest BCUT2D eigenvalue weighted by atomic mass is 9.83. The van der Waals surface area contributed by atoms with Crippen LogP contribution in [0, 0.1) is 5.92 Å². The van der Waals surface area contributed by atoms with Crippen molar-refractivity contribution in [2.24, 2.45) is 10.9 Å². The standard InChI is InChI=1S/C49H79N3O5S/c1-5-8-11-14-16-17-18-19-20-21-22-23-24-25-27-30-35-57-45-38-51-44(36-40(45)4)47-48(53)46(49(47)54)43-34-33-42(37-50-43)52-58(55,56)39-41(31-28-13-10-7-3)32-29-26-15-12-9-6-2/h33-34,36-38,41,52H,5-32,35,39H2,1-4H3/p+1. The summed E-state index contributed by atoms with van der Waals surface area (Å²) in [4.78, 5) is 22.1. The average molecular weight is 823 g/mol. The third-order valence-corrected chi connectivity index (χ3v) is 13.1. The predicted octanol–water partition coefficient (Wildman–Crippen LogP) is 13.7. The lowest BCUT2D eigenvalue weighted by Crippen LogP contribution is -2.25. The van der Waals surface area contributed by atoms with Crippen LogP contribution in [-0.4, -0.2) is 48.6 Å². The minimum Gasteiger partial charge on any atom is -0.506 e. The Kier molecular flexibility index (Phi) is 24.8. The van der Waals surface area contributed by atoms with E-state index in [4.69, 9.17) is 4.42 Å². The van der Waals surface area contributed by atoms with Gasteiger partial charge in [-0.3, -0.25) is 18.9 Å². The highest BCUT2D eigenvalue weighted by atomic mass is 32.2. The molecule has 58 heavy (non-hydrogen) atoms. The van der Waals surface area contributed by atoms with Crippen molar-refractivity contribution >= 4 is 39.1 Å². The van der Waals surface area contributed by atoms with Crippen LogP contribution in [0.1, 0.15) is 213 Å². The quantitative estimate of drug-likeness (QED) is 0.0407. The molecule has 0 saturated heterocycles. The number of Topliss-reactive ketones (excluding diaryl/α,β-unsaturated/α-hetero) is 1. The number of carbonyl (C=O) groups is 1. The second-order valence-electron chi connectivity index (χ2n) is 17.0. The molecule has 0 amide bonds. The molecule has 1 aromatic heterocycles. The van der Waals surface area contributed by atoms with Crippen LogP contribution >= 0.6 is 0 Å². The van der Waals surface area contributed by atoms with Crippen LogP contribution in [0.15, 0.2) is 52.0 Å². The molecule has 1 aliphatic heterocycles. The summed E-state index contributed by atoms with van der Waals surface area (Å²) in [6.45, 7) is 9.23. The third-order valence-electron chi connectivity index (χ3n) is 11.7. The van der Waals surface area contributed by atoms with Crippen LogP contribution in [0.3, 0.4) is 0 Å². The maximum Gasteiger partial charge on any atom is 0.364 e. The average Bonchev–Trinajstić information content (AvgIpc) is 3.20. The van der Waals surface area contributed by atoms with E-state index < -0.39 is 10.0 Å². The topological polar surface area (TPSA) is 120 Å². The second-order valence-corrected chi connectivity index (χ2v) is 18.8. The van der Waals surface area contributed by atoms with E-state index in [0.29, 0.717) is 29.5 Å². The number of nitrogens with zero attached hydrogens (tertiary/aromatic N) is 2. The molecule has 0 spiro atoms. The summed E-state index contributed by atoms with van der Waals surface area (Å²) in [7, 11) is -3.59. The number of aromatic nitrogens is 1. The molecule has 2 aliphatic rings. The molecule has 326 valence electrons. The number of hydrogen-bond donors (Lipinski definition) is 2. The minimum atomic E-state index is -3.59. The SMILES string of the molecule is CCCCCCCCCCCCCCCCCC/[O+]=C1C=N/C(=C2\C(=O)C(c3ccc(NS(=O)(=O)CC(CCCCCC)CCCCCCCC)cn3)=C2O)C=C/1C. The number of allylic oxidation sites excluding steroid dienone is 4. The highest BCUT2D eigenvalue weighted by Gasteiger charge is 2.38. The highest BCUT2D eigenvalue weighted by molar-refractivity contribution is 7.92. The number of hydrogen-bond acceptors (Lipinski definition) is 6. The molecule has 1 atom stereocenters. The Labute approximate surface area is 353 Å². The highest BCUT2D eigenvalue weighted by Crippen LogP contribution is 2.38. The molecule has 0 radical (unpaired) electrons. The van der Waals surface area contributed by atoms with E-state index in [0.717, 1.165) is 63.4 Å². The number of dihydropyridines is 1. The molecule has 1 aromatic rings. The predicted molar refractivity (Wildman–Crippen MR) is 245 cm³/mol. The molecule has 1 aliphatic carbocycles. The van der Waals surface area contributed by atoms with Crippen LogP contribution in [0.4, 0.5) is 5.69 Å². The zero-order valence-corrected chi connectivity index (χ0v) is 37.9. The van der Waals surface area contributed by atoms with Gasteiger partial charge in [0.1, 0.15) is 12.0 Å². The van der Waals surface area contributed by atoms with Crippen LogP contribution in [0.2, 0.25) is 0 Å². The lowest BCUT2D eigenvalue weighted by molar-refractivity contribution is -0.455. The number of ketones is 2. The number of rotatable bonds is 34. The molecule has 3 rings (SSSR count). The normalized spacial score (nSPS) is 16.9. The molecule has 0 aromatic carbocycles. The summed E-state index contributed by atoms with van der Waals surface area (Å²) in [6.07, 6.45) is 39.6. The van der Waals surface area contributed by atoms with Gasteiger partial charge in [0, 0.05) is 6.42 Å². The van der Waals surface area contributed by atoms with Crippen molar-refractivity contribution in [1.82, 2.24) is 4.98 Å². The van der Waals surface area contributed by atoms with Gasteiger partial charge in [-0.15, -0.1) is 0 Å². The molecule has 0 saturated carbocycles. The van der Waals surface area contributed by atoms with E-state index in [1.54, 1.807) is 24.4 Å². The van der Waals surface area contributed by atoms with Crippen molar-refractivity contribution in [3.63, 3.8) is 0 Å². The number of sulfonamides is 1. The van der Waals surface area contributed by atoms with E-state index in [-0.39, 0.29) is 34.4 Å². The van der Waals surface area contributed by atoms with Gasteiger partial charge in [-0.25, -0.2) is 13.4 Å². The number of aliphatic hydroxyl groups is 1. The molecule has 0 bridgehead atoms. The Bertz CT molecular complexity index is 1610. The monoisotopic (exact) mass is 823 g/mol. The molecule has 9 heteroatoms. The summed E-state index contributed by atoms with van der Waals surface area (Å²) in [5.74, 6) is 0.408. The lowest BCUT2D eigenvalue weighted by Gasteiger charge is -2.22. The van der Waals surface area contributed by atoms with E-state index in [1.807, 2.05) is 6.92 Å². The fourth-order valence-corrected chi connectivity index (χ4v) is 9.58. The summed E-state index contributed by atoms with van der Waals surface area (Å²) in [5.41, 5.74) is 2.15. The van der Waals surface area contributed by atoms with Crippen molar-refractivity contribution < 1.29 is 22.7 Å². The van der Waals surface area contributed by atoms with Crippen LogP contribution in [0.5, 0.6) is 0 Å². The van der Waals surface area contributed by atoms with Gasteiger partial charge < -0.3 is 5.11 Å². The molecule has 0 fully saturated rings. The second kappa shape index (κ2) is 29.2. The summed E-state index contributed by atoms with van der Waals surface area (Å²) in [5, 5.41) is 11.0. The van der Waals surface area contributed by atoms with Crippen LogP contribution in [0.25, 0.3) is 5.57 Å². The van der Waals surface area contributed by atoms with E-state index in [2.05, 4.69) is 35.5 Å². The Morgan fingerprint density at radius 1 is 0.672 bits per heavy atom. The first-order valence-electron chi connectivity index (χ1n) is 23.6. The van der Waals surface area contributed by atoms with Gasteiger partial charge in [-0.05, 0) is 50.3 Å². The summed E-state index contributed by atoms with van der Waals surface area (Å²) >= 11 is 0. The zero-order valence-electron chi connectivity index (χ0n) is 37.1. The maximum absolute atomic E-state index is 13.3. The first-order chi connectivity index (χ1) is 28.2. The molecular formula is C49H80N3O5S+. The molecule has 2 heterocycles. The van der Waals surface area contributed by atoms with Crippen LogP contribution in [-0.2, 0) is 19.2 Å².